The summed E-state index contributed by atoms with van der Waals surface area (Å²) in [5, 5.41) is 0. The molecule has 0 saturated carbocycles. The second-order valence-corrected chi connectivity index (χ2v) is 11.0. The zero-order chi connectivity index (χ0) is 20.6. The van der Waals surface area contributed by atoms with Crippen molar-refractivity contribution in [3.63, 3.8) is 0 Å². The van der Waals surface area contributed by atoms with Crippen LogP contribution in [0.5, 0.6) is 0 Å². The fourth-order valence-electron chi connectivity index (χ4n) is 3.91. The number of nitrogens with zero attached hydrogens (tertiary/aromatic N) is 4. The lowest BCUT2D eigenvalue weighted by atomic mass is 9.82. The van der Waals surface area contributed by atoms with E-state index >= 15 is 0 Å². The van der Waals surface area contributed by atoms with Crippen LogP contribution in [-0.4, -0.2) is 19.1 Å². The van der Waals surface area contributed by atoms with Gasteiger partial charge in [0.05, 0.1) is 6.33 Å². The standard InChI is InChI=1S/C23H40N4/c1-17(2)18(26-16-24-15-19(26)21(3,4)5)11-12-23(9,10)20-25-13-14-27(20)22(6,7)8/h13-18H,11-12H2,1-10H3. The van der Waals surface area contributed by atoms with E-state index in [1.54, 1.807) is 0 Å². The van der Waals surface area contributed by atoms with Crippen LogP contribution in [-0.2, 0) is 16.4 Å². The van der Waals surface area contributed by atoms with Gasteiger partial charge in [-0.05, 0) is 39.5 Å². The van der Waals surface area contributed by atoms with Gasteiger partial charge in [0.15, 0.2) is 0 Å². The lowest BCUT2D eigenvalue weighted by Crippen LogP contribution is -2.32. The maximum atomic E-state index is 4.74. The normalized spacial score (nSPS) is 14.8. The number of hydrogen-bond acceptors (Lipinski definition) is 2. The molecule has 0 bridgehead atoms. The van der Waals surface area contributed by atoms with Crippen LogP contribution in [0.1, 0.15) is 99.6 Å². The zero-order valence-corrected chi connectivity index (χ0v) is 19.2. The minimum atomic E-state index is 0.0202. The van der Waals surface area contributed by atoms with Gasteiger partial charge in [0, 0.05) is 46.7 Å². The Labute approximate surface area is 166 Å². The highest BCUT2D eigenvalue weighted by Crippen LogP contribution is 2.36. The van der Waals surface area contributed by atoms with Crippen LogP contribution in [0.15, 0.2) is 24.9 Å². The first-order chi connectivity index (χ1) is 12.2. The summed E-state index contributed by atoms with van der Waals surface area (Å²) in [4.78, 5) is 9.22. The third-order valence-corrected chi connectivity index (χ3v) is 5.60. The highest BCUT2D eigenvalue weighted by molar-refractivity contribution is 5.13. The van der Waals surface area contributed by atoms with Crippen molar-refractivity contribution in [2.45, 2.75) is 104 Å². The van der Waals surface area contributed by atoms with Crippen LogP contribution >= 0.6 is 0 Å². The molecule has 2 rings (SSSR count). The van der Waals surface area contributed by atoms with E-state index in [1.165, 1.54) is 11.5 Å². The van der Waals surface area contributed by atoms with Crippen molar-refractivity contribution in [1.29, 1.82) is 0 Å². The molecule has 152 valence electrons. The maximum absolute atomic E-state index is 4.74. The largest absolute Gasteiger partial charge is 0.331 e. The molecule has 0 spiro atoms. The molecule has 2 heterocycles. The molecule has 2 aromatic heterocycles. The first kappa shape index (κ1) is 21.7. The topological polar surface area (TPSA) is 35.6 Å². The van der Waals surface area contributed by atoms with Crippen LogP contribution < -0.4 is 0 Å². The average Bonchev–Trinajstić information content (AvgIpc) is 3.15. The number of rotatable bonds is 6. The summed E-state index contributed by atoms with van der Waals surface area (Å²) in [6.45, 7) is 22.8. The summed E-state index contributed by atoms with van der Waals surface area (Å²) >= 11 is 0. The Morgan fingerprint density at radius 2 is 1.63 bits per heavy atom. The third-order valence-electron chi connectivity index (χ3n) is 5.60. The SMILES string of the molecule is CC(C)C(CCC(C)(C)c1nccn1C(C)(C)C)n1cncc1C(C)(C)C. The highest BCUT2D eigenvalue weighted by atomic mass is 15.1. The fourth-order valence-corrected chi connectivity index (χ4v) is 3.91. The van der Waals surface area contributed by atoms with E-state index in [1.807, 2.05) is 18.7 Å². The van der Waals surface area contributed by atoms with Crippen LogP contribution in [0.25, 0.3) is 0 Å². The van der Waals surface area contributed by atoms with Crippen molar-refractivity contribution in [2.24, 2.45) is 5.92 Å². The van der Waals surface area contributed by atoms with E-state index in [0.717, 1.165) is 12.8 Å². The summed E-state index contributed by atoms with van der Waals surface area (Å²) in [7, 11) is 0. The van der Waals surface area contributed by atoms with Gasteiger partial charge in [0.1, 0.15) is 5.82 Å². The molecule has 1 unspecified atom stereocenters. The van der Waals surface area contributed by atoms with Crippen LogP contribution in [0.4, 0.5) is 0 Å². The average molecular weight is 373 g/mol. The van der Waals surface area contributed by atoms with Crippen molar-refractivity contribution in [3.05, 3.63) is 36.4 Å². The van der Waals surface area contributed by atoms with Crippen molar-refractivity contribution < 1.29 is 0 Å². The van der Waals surface area contributed by atoms with Crippen LogP contribution in [0, 0.1) is 5.92 Å². The summed E-state index contributed by atoms with van der Waals surface area (Å²) < 4.78 is 4.74. The molecule has 4 nitrogen and oxygen atoms in total. The molecule has 27 heavy (non-hydrogen) atoms. The van der Waals surface area contributed by atoms with E-state index < -0.39 is 0 Å². The van der Waals surface area contributed by atoms with Crippen molar-refractivity contribution in [1.82, 2.24) is 19.1 Å². The van der Waals surface area contributed by atoms with Crippen molar-refractivity contribution in [2.75, 3.05) is 0 Å². The minimum absolute atomic E-state index is 0.0202. The Morgan fingerprint density at radius 3 is 2.15 bits per heavy atom. The highest BCUT2D eigenvalue weighted by Gasteiger charge is 2.32. The Hall–Kier alpha value is -1.58. The van der Waals surface area contributed by atoms with Gasteiger partial charge in [-0.25, -0.2) is 9.97 Å². The van der Waals surface area contributed by atoms with Crippen molar-refractivity contribution in [3.8, 4) is 0 Å². The second kappa shape index (κ2) is 7.44. The molecule has 4 heteroatoms. The molecule has 0 amide bonds. The predicted molar refractivity (Wildman–Crippen MR) is 114 cm³/mol. The first-order valence-electron chi connectivity index (χ1n) is 10.3. The molecular formula is C23H40N4. The molecule has 0 N–H and O–H groups in total. The van der Waals surface area contributed by atoms with Gasteiger partial charge >= 0.3 is 0 Å². The van der Waals surface area contributed by atoms with Gasteiger partial charge in [-0.15, -0.1) is 0 Å². The number of aromatic nitrogens is 4. The first-order valence-corrected chi connectivity index (χ1v) is 10.3. The van der Waals surface area contributed by atoms with Crippen LogP contribution in [0.3, 0.4) is 0 Å². The molecule has 0 aromatic carbocycles. The molecule has 0 aliphatic carbocycles. The van der Waals surface area contributed by atoms with Crippen molar-refractivity contribution >= 4 is 0 Å². The molecule has 1 atom stereocenters. The Kier molecular flexibility index (Phi) is 5.99. The lowest BCUT2D eigenvalue weighted by Gasteiger charge is -2.34. The summed E-state index contributed by atoms with van der Waals surface area (Å²) in [6, 6.07) is 0.444. The fraction of sp³-hybridized carbons (Fsp3) is 0.739. The summed E-state index contributed by atoms with van der Waals surface area (Å²) in [6.07, 6.45) is 10.3. The molecular weight excluding hydrogens is 332 g/mol. The van der Waals surface area contributed by atoms with E-state index in [0.29, 0.717) is 12.0 Å². The Morgan fingerprint density at radius 1 is 1.00 bits per heavy atom. The van der Waals surface area contributed by atoms with E-state index in [2.05, 4.69) is 89.6 Å². The van der Waals surface area contributed by atoms with E-state index in [9.17, 15) is 0 Å². The van der Waals surface area contributed by atoms with E-state index in [4.69, 9.17) is 4.98 Å². The molecule has 0 aliphatic heterocycles. The Balaban J connectivity index is 2.27. The van der Waals surface area contributed by atoms with Gasteiger partial charge in [-0.1, -0.05) is 48.5 Å². The van der Waals surface area contributed by atoms with Gasteiger partial charge < -0.3 is 9.13 Å². The van der Waals surface area contributed by atoms with Crippen LogP contribution in [0.2, 0.25) is 0 Å². The minimum Gasteiger partial charge on any atom is -0.331 e. The third kappa shape index (κ3) is 4.83. The lowest BCUT2D eigenvalue weighted by molar-refractivity contribution is 0.278. The number of imidazole rings is 2. The molecule has 0 fully saturated rings. The molecule has 2 aromatic rings. The zero-order valence-electron chi connectivity index (χ0n) is 19.2. The van der Waals surface area contributed by atoms with Gasteiger partial charge in [0.25, 0.3) is 0 Å². The Bertz CT molecular complexity index is 735. The molecule has 0 aliphatic rings. The predicted octanol–water partition coefficient (Wildman–Crippen LogP) is 6.09. The summed E-state index contributed by atoms with van der Waals surface area (Å²) in [5.74, 6) is 1.73. The van der Waals surface area contributed by atoms with E-state index in [-0.39, 0.29) is 16.4 Å². The molecule has 0 radical (unpaired) electrons. The number of hydrogen-bond donors (Lipinski definition) is 0. The molecule has 0 saturated heterocycles. The quantitative estimate of drug-likeness (QED) is 0.615. The van der Waals surface area contributed by atoms with Gasteiger partial charge in [-0.3, -0.25) is 0 Å². The maximum Gasteiger partial charge on any atom is 0.114 e. The van der Waals surface area contributed by atoms with Gasteiger partial charge in [0.2, 0.25) is 0 Å². The second-order valence-electron chi connectivity index (χ2n) is 11.0. The van der Waals surface area contributed by atoms with Gasteiger partial charge in [-0.2, -0.15) is 0 Å². The smallest absolute Gasteiger partial charge is 0.114 e. The monoisotopic (exact) mass is 372 g/mol. The summed E-state index contributed by atoms with van der Waals surface area (Å²) in [5.41, 5.74) is 1.48.